The van der Waals surface area contributed by atoms with E-state index in [0.29, 0.717) is 18.7 Å². The molecule has 3 rings (SSSR count). The summed E-state index contributed by atoms with van der Waals surface area (Å²) in [5.74, 6) is -0.904. The van der Waals surface area contributed by atoms with Crippen molar-refractivity contribution in [3.63, 3.8) is 0 Å². The monoisotopic (exact) mass is 313 g/mol. The Morgan fingerprint density at radius 3 is 2.73 bits per heavy atom. The number of nitrogens with one attached hydrogen (secondary N) is 2. The average molecular weight is 313 g/mol. The van der Waals surface area contributed by atoms with Crippen molar-refractivity contribution in [1.82, 2.24) is 15.5 Å². The van der Waals surface area contributed by atoms with Gasteiger partial charge in [0.15, 0.2) is 0 Å². The number of thiophene rings is 1. The van der Waals surface area contributed by atoms with Gasteiger partial charge in [0.2, 0.25) is 0 Å². The summed E-state index contributed by atoms with van der Waals surface area (Å²) in [6.07, 6.45) is 1.83. The van der Waals surface area contributed by atoms with Gasteiger partial charge in [-0.15, -0.1) is 0 Å². The maximum absolute atomic E-state index is 10.8. The van der Waals surface area contributed by atoms with Crippen LogP contribution in [0.2, 0.25) is 0 Å². The molecule has 0 aliphatic rings. The fraction of sp³-hybridized carbons (Fsp3) is 0.125. The Kier molecular flexibility index (Phi) is 4.32. The molecule has 2 heterocycles. The Morgan fingerprint density at radius 1 is 1.23 bits per heavy atom. The van der Waals surface area contributed by atoms with Crippen LogP contribution in [0, 0.1) is 0 Å². The maximum Gasteiger partial charge on any atom is 0.335 e. The van der Waals surface area contributed by atoms with E-state index in [-0.39, 0.29) is 0 Å². The van der Waals surface area contributed by atoms with Gasteiger partial charge in [0.25, 0.3) is 0 Å². The Hall–Kier alpha value is -2.44. The number of H-pyrrole nitrogens is 1. The Morgan fingerprint density at radius 2 is 2.05 bits per heavy atom. The average Bonchev–Trinajstić information content (AvgIpc) is 3.18. The number of hydrogen-bond donors (Lipinski definition) is 3. The van der Waals surface area contributed by atoms with E-state index in [9.17, 15) is 4.79 Å². The molecular formula is C16H15N3O2S. The lowest BCUT2D eigenvalue weighted by atomic mass is 10.1. The molecule has 0 saturated heterocycles. The van der Waals surface area contributed by atoms with Crippen LogP contribution in [-0.2, 0) is 13.1 Å². The van der Waals surface area contributed by atoms with Gasteiger partial charge >= 0.3 is 5.97 Å². The summed E-state index contributed by atoms with van der Waals surface area (Å²) in [5.41, 5.74) is 4.64. The number of carboxylic acids is 1. The van der Waals surface area contributed by atoms with Crippen molar-refractivity contribution < 1.29 is 9.90 Å². The van der Waals surface area contributed by atoms with Crippen LogP contribution in [0.4, 0.5) is 0 Å². The lowest BCUT2D eigenvalue weighted by molar-refractivity contribution is 0.0697. The Bertz CT molecular complexity index is 748. The van der Waals surface area contributed by atoms with Gasteiger partial charge in [-0.2, -0.15) is 16.4 Å². The number of carboxylic acid groups (broad SMARTS) is 1. The molecule has 0 atom stereocenters. The number of benzene rings is 1. The molecule has 0 saturated carbocycles. The molecule has 22 heavy (non-hydrogen) atoms. The smallest absolute Gasteiger partial charge is 0.335 e. The summed E-state index contributed by atoms with van der Waals surface area (Å²) in [6, 6.07) is 8.95. The molecule has 0 unspecified atom stereocenters. The van der Waals surface area contributed by atoms with Crippen LogP contribution in [0.3, 0.4) is 0 Å². The molecule has 2 aromatic heterocycles. The van der Waals surface area contributed by atoms with Gasteiger partial charge in [0.1, 0.15) is 0 Å². The second kappa shape index (κ2) is 6.55. The number of aromatic nitrogens is 2. The molecule has 3 N–H and O–H groups in total. The number of hydrogen-bond acceptors (Lipinski definition) is 4. The van der Waals surface area contributed by atoms with Gasteiger partial charge in [-0.25, -0.2) is 4.79 Å². The predicted octanol–water partition coefficient (Wildman–Crippen LogP) is 3.13. The van der Waals surface area contributed by atoms with Crippen molar-refractivity contribution in [2.75, 3.05) is 0 Å². The summed E-state index contributed by atoms with van der Waals surface area (Å²) in [4.78, 5) is 10.8. The van der Waals surface area contributed by atoms with Crippen LogP contribution in [-0.4, -0.2) is 21.3 Å². The summed E-state index contributed by atoms with van der Waals surface area (Å²) >= 11 is 1.65. The van der Waals surface area contributed by atoms with Crippen molar-refractivity contribution in [2.45, 2.75) is 13.1 Å². The fourth-order valence-corrected chi connectivity index (χ4v) is 2.86. The fourth-order valence-electron chi connectivity index (χ4n) is 2.21. The van der Waals surface area contributed by atoms with Crippen LogP contribution < -0.4 is 5.32 Å². The summed E-state index contributed by atoms with van der Waals surface area (Å²) in [7, 11) is 0. The minimum Gasteiger partial charge on any atom is -0.478 e. The van der Waals surface area contributed by atoms with Crippen molar-refractivity contribution in [3.8, 4) is 11.3 Å². The quantitative estimate of drug-likeness (QED) is 0.653. The van der Waals surface area contributed by atoms with E-state index in [1.165, 1.54) is 0 Å². The van der Waals surface area contributed by atoms with E-state index in [1.54, 1.807) is 23.5 Å². The lowest BCUT2D eigenvalue weighted by Crippen LogP contribution is -2.13. The summed E-state index contributed by atoms with van der Waals surface area (Å²) < 4.78 is 0. The Labute approximate surface area is 131 Å². The minimum atomic E-state index is -0.904. The van der Waals surface area contributed by atoms with Crippen molar-refractivity contribution >= 4 is 17.3 Å². The third-order valence-corrected chi connectivity index (χ3v) is 4.06. The number of aromatic carboxylic acids is 1. The number of rotatable bonds is 6. The molecule has 5 nitrogen and oxygen atoms in total. The second-order valence-corrected chi connectivity index (χ2v) is 5.67. The minimum absolute atomic E-state index is 0.304. The van der Waals surface area contributed by atoms with E-state index >= 15 is 0 Å². The zero-order valence-corrected chi connectivity index (χ0v) is 12.6. The van der Waals surface area contributed by atoms with E-state index in [1.807, 2.05) is 23.7 Å². The van der Waals surface area contributed by atoms with Gasteiger partial charge in [0, 0.05) is 29.6 Å². The predicted molar refractivity (Wildman–Crippen MR) is 85.8 cm³/mol. The first-order valence-corrected chi connectivity index (χ1v) is 7.76. The molecule has 0 fully saturated rings. The number of carbonyl (C=O) groups is 1. The highest BCUT2D eigenvalue weighted by molar-refractivity contribution is 7.08. The van der Waals surface area contributed by atoms with Gasteiger partial charge in [-0.3, -0.25) is 5.10 Å². The lowest BCUT2D eigenvalue weighted by Gasteiger charge is -2.05. The molecule has 112 valence electrons. The topological polar surface area (TPSA) is 78.0 Å². The van der Waals surface area contributed by atoms with Gasteiger partial charge in [0.05, 0.1) is 17.5 Å². The first-order valence-electron chi connectivity index (χ1n) is 6.82. The first kappa shape index (κ1) is 14.5. The standard InChI is InChI=1S/C16H15N3O2S/c20-16(21)12-3-1-11(2-4-12)7-17-8-14-9-18-19-15(14)13-5-6-22-10-13/h1-6,9-10,17H,7-8H2,(H,18,19)(H,20,21). The zero-order valence-electron chi connectivity index (χ0n) is 11.7. The number of nitrogens with zero attached hydrogens (tertiary/aromatic N) is 1. The Balaban J connectivity index is 1.60. The van der Waals surface area contributed by atoms with Crippen LogP contribution in [0.1, 0.15) is 21.5 Å². The second-order valence-electron chi connectivity index (χ2n) is 4.89. The van der Waals surface area contributed by atoms with Gasteiger partial charge < -0.3 is 10.4 Å². The normalized spacial score (nSPS) is 10.7. The van der Waals surface area contributed by atoms with Crippen LogP contribution in [0.15, 0.2) is 47.3 Å². The molecule has 3 aromatic rings. The first-order chi connectivity index (χ1) is 10.7. The third kappa shape index (κ3) is 3.24. The van der Waals surface area contributed by atoms with Crippen LogP contribution >= 0.6 is 11.3 Å². The highest BCUT2D eigenvalue weighted by Gasteiger charge is 2.08. The molecule has 0 aliphatic carbocycles. The molecule has 1 aromatic carbocycles. The van der Waals surface area contributed by atoms with E-state index in [0.717, 1.165) is 22.4 Å². The largest absolute Gasteiger partial charge is 0.478 e. The SMILES string of the molecule is O=C(O)c1ccc(CNCc2cn[nH]c2-c2ccsc2)cc1. The third-order valence-electron chi connectivity index (χ3n) is 3.37. The van der Waals surface area contributed by atoms with E-state index < -0.39 is 5.97 Å². The molecule has 6 heteroatoms. The van der Waals surface area contributed by atoms with Gasteiger partial charge in [-0.05, 0) is 29.1 Å². The zero-order chi connectivity index (χ0) is 15.4. The van der Waals surface area contributed by atoms with E-state index in [4.69, 9.17) is 5.11 Å². The molecule has 0 bridgehead atoms. The highest BCUT2D eigenvalue weighted by atomic mass is 32.1. The van der Waals surface area contributed by atoms with E-state index in [2.05, 4.69) is 27.0 Å². The molecule has 0 aliphatic heterocycles. The molecule has 0 spiro atoms. The van der Waals surface area contributed by atoms with Crippen LogP contribution in [0.25, 0.3) is 11.3 Å². The van der Waals surface area contributed by atoms with Crippen molar-refractivity contribution in [3.05, 3.63) is 64.0 Å². The molecular weight excluding hydrogens is 298 g/mol. The molecule has 0 radical (unpaired) electrons. The van der Waals surface area contributed by atoms with Gasteiger partial charge in [-0.1, -0.05) is 12.1 Å². The van der Waals surface area contributed by atoms with Crippen LogP contribution in [0.5, 0.6) is 0 Å². The highest BCUT2D eigenvalue weighted by Crippen LogP contribution is 2.23. The number of aromatic amines is 1. The summed E-state index contributed by atoms with van der Waals surface area (Å²) in [5, 5.41) is 23.5. The van der Waals surface area contributed by atoms with Crippen molar-refractivity contribution in [2.24, 2.45) is 0 Å². The molecule has 0 amide bonds. The maximum atomic E-state index is 10.8. The van der Waals surface area contributed by atoms with Crippen molar-refractivity contribution in [1.29, 1.82) is 0 Å². The summed E-state index contributed by atoms with van der Waals surface area (Å²) in [6.45, 7) is 1.37.